The number of thioether (sulfide) groups is 1. The first-order chi connectivity index (χ1) is 15.2. The van der Waals surface area contributed by atoms with E-state index in [0.717, 1.165) is 42.9 Å². The van der Waals surface area contributed by atoms with Crippen LogP contribution in [0.2, 0.25) is 0 Å². The molecule has 0 spiro atoms. The molecule has 1 aromatic heterocycles. The third-order valence-corrected chi connectivity index (χ3v) is 6.26. The largest absolute Gasteiger partial charge is 0.497 e. The number of benzene rings is 2. The van der Waals surface area contributed by atoms with Gasteiger partial charge in [0.15, 0.2) is 11.0 Å². The number of piperidine rings is 1. The molecule has 0 unspecified atom stereocenters. The minimum atomic E-state index is 0.146. The number of aromatic nitrogens is 3. The highest BCUT2D eigenvalue weighted by Gasteiger charge is 2.22. The SMILES string of the molecule is COc1ccc(-n2c(SCC(=O)N3CCCCC3)nnc2-c2ccccc2OC)cc1. The summed E-state index contributed by atoms with van der Waals surface area (Å²) in [4.78, 5) is 14.6. The van der Waals surface area contributed by atoms with Crippen LogP contribution in [0.25, 0.3) is 17.1 Å². The Labute approximate surface area is 186 Å². The lowest BCUT2D eigenvalue weighted by Gasteiger charge is -2.26. The first-order valence-corrected chi connectivity index (χ1v) is 11.3. The van der Waals surface area contributed by atoms with Crippen LogP contribution in [0.5, 0.6) is 11.5 Å². The van der Waals surface area contributed by atoms with E-state index in [1.807, 2.05) is 58.0 Å². The number of ether oxygens (including phenoxy) is 2. The zero-order chi connectivity index (χ0) is 21.6. The van der Waals surface area contributed by atoms with Crippen molar-refractivity contribution in [2.45, 2.75) is 24.4 Å². The molecule has 2 heterocycles. The van der Waals surface area contributed by atoms with Gasteiger partial charge in [0, 0.05) is 13.1 Å². The second-order valence-electron chi connectivity index (χ2n) is 7.27. The van der Waals surface area contributed by atoms with E-state index in [-0.39, 0.29) is 5.91 Å². The third-order valence-electron chi connectivity index (χ3n) is 5.35. The number of para-hydroxylation sites is 1. The van der Waals surface area contributed by atoms with Crippen molar-refractivity contribution in [3.63, 3.8) is 0 Å². The molecular formula is C23H26N4O3S. The first kappa shape index (κ1) is 21.2. The van der Waals surface area contributed by atoms with Crippen LogP contribution in [0.4, 0.5) is 0 Å². The predicted molar refractivity (Wildman–Crippen MR) is 121 cm³/mol. The van der Waals surface area contributed by atoms with Gasteiger partial charge in [-0.25, -0.2) is 0 Å². The normalized spacial score (nSPS) is 13.8. The van der Waals surface area contributed by atoms with E-state index >= 15 is 0 Å². The maximum absolute atomic E-state index is 12.7. The van der Waals surface area contributed by atoms with Crippen LogP contribution in [0.1, 0.15) is 19.3 Å². The molecule has 1 aliphatic rings. The van der Waals surface area contributed by atoms with E-state index in [1.165, 1.54) is 18.2 Å². The van der Waals surface area contributed by atoms with Crippen molar-refractivity contribution < 1.29 is 14.3 Å². The Morgan fingerprint density at radius 1 is 0.968 bits per heavy atom. The van der Waals surface area contributed by atoms with Gasteiger partial charge < -0.3 is 14.4 Å². The van der Waals surface area contributed by atoms with Gasteiger partial charge in [-0.05, 0) is 55.7 Å². The molecule has 3 aromatic rings. The standard InChI is InChI=1S/C23H26N4O3S/c1-29-18-12-10-17(11-13-18)27-22(19-8-4-5-9-20(19)30-2)24-25-23(27)31-16-21(28)26-14-6-3-7-15-26/h4-5,8-13H,3,6-7,14-16H2,1-2H3. The van der Waals surface area contributed by atoms with E-state index in [1.54, 1.807) is 14.2 Å². The summed E-state index contributed by atoms with van der Waals surface area (Å²) < 4.78 is 12.8. The number of hydrogen-bond donors (Lipinski definition) is 0. The van der Waals surface area contributed by atoms with Crippen molar-refractivity contribution in [1.82, 2.24) is 19.7 Å². The van der Waals surface area contributed by atoms with Crippen molar-refractivity contribution in [1.29, 1.82) is 0 Å². The lowest BCUT2D eigenvalue weighted by atomic mass is 10.1. The Balaban J connectivity index is 1.67. The molecule has 0 radical (unpaired) electrons. The van der Waals surface area contributed by atoms with Crippen molar-refractivity contribution in [2.75, 3.05) is 33.1 Å². The summed E-state index contributed by atoms with van der Waals surface area (Å²) in [7, 11) is 3.28. The molecule has 1 amide bonds. The van der Waals surface area contributed by atoms with Gasteiger partial charge in [-0.1, -0.05) is 23.9 Å². The molecular weight excluding hydrogens is 412 g/mol. The summed E-state index contributed by atoms with van der Waals surface area (Å²) in [6.07, 6.45) is 3.36. The average Bonchev–Trinajstić information content (AvgIpc) is 3.26. The Hall–Kier alpha value is -3.00. The zero-order valence-corrected chi connectivity index (χ0v) is 18.6. The highest BCUT2D eigenvalue weighted by Crippen LogP contribution is 2.33. The quantitative estimate of drug-likeness (QED) is 0.518. The lowest BCUT2D eigenvalue weighted by molar-refractivity contribution is -0.129. The molecule has 0 atom stereocenters. The van der Waals surface area contributed by atoms with Gasteiger partial charge in [-0.2, -0.15) is 0 Å². The van der Waals surface area contributed by atoms with E-state index in [2.05, 4.69) is 10.2 Å². The molecule has 162 valence electrons. The average molecular weight is 439 g/mol. The van der Waals surface area contributed by atoms with Crippen LogP contribution in [-0.2, 0) is 4.79 Å². The van der Waals surface area contributed by atoms with E-state index in [9.17, 15) is 4.79 Å². The van der Waals surface area contributed by atoms with Crippen molar-refractivity contribution >= 4 is 17.7 Å². The maximum atomic E-state index is 12.7. The van der Waals surface area contributed by atoms with Crippen molar-refractivity contribution in [3.8, 4) is 28.6 Å². The Morgan fingerprint density at radius 3 is 2.42 bits per heavy atom. The van der Waals surface area contributed by atoms with Crippen LogP contribution in [-0.4, -0.2) is 58.6 Å². The molecule has 0 saturated carbocycles. The molecule has 0 N–H and O–H groups in total. The fourth-order valence-corrected chi connectivity index (χ4v) is 4.55. The van der Waals surface area contributed by atoms with E-state index < -0.39 is 0 Å². The molecule has 0 aliphatic carbocycles. The highest BCUT2D eigenvalue weighted by atomic mass is 32.2. The molecule has 7 nitrogen and oxygen atoms in total. The molecule has 1 saturated heterocycles. The Kier molecular flexibility index (Phi) is 6.76. The topological polar surface area (TPSA) is 69.5 Å². The summed E-state index contributed by atoms with van der Waals surface area (Å²) in [6, 6.07) is 15.4. The Bertz CT molecular complexity index is 1030. The van der Waals surface area contributed by atoms with Crippen LogP contribution >= 0.6 is 11.8 Å². The second kappa shape index (κ2) is 9.87. The summed E-state index contributed by atoms with van der Waals surface area (Å²) in [6.45, 7) is 1.69. The number of likely N-dealkylation sites (tertiary alicyclic amines) is 1. The van der Waals surface area contributed by atoms with Gasteiger partial charge in [0.2, 0.25) is 5.91 Å². The minimum absolute atomic E-state index is 0.146. The highest BCUT2D eigenvalue weighted by molar-refractivity contribution is 7.99. The minimum Gasteiger partial charge on any atom is -0.497 e. The maximum Gasteiger partial charge on any atom is 0.233 e. The number of amides is 1. The molecule has 4 rings (SSSR count). The number of carbonyl (C=O) groups excluding carboxylic acids is 1. The molecule has 0 bridgehead atoms. The number of rotatable bonds is 7. The molecule has 1 fully saturated rings. The van der Waals surface area contributed by atoms with Crippen LogP contribution in [0, 0.1) is 0 Å². The van der Waals surface area contributed by atoms with Crippen molar-refractivity contribution in [2.24, 2.45) is 0 Å². The third kappa shape index (κ3) is 4.69. The molecule has 31 heavy (non-hydrogen) atoms. The zero-order valence-electron chi connectivity index (χ0n) is 17.8. The van der Waals surface area contributed by atoms with Gasteiger partial charge in [0.25, 0.3) is 0 Å². The second-order valence-corrected chi connectivity index (χ2v) is 8.21. The summed E-state index contributed by atoms with van der Waals surface area (Å²) in [5, 5.41) is 9.55. The number of carbonyl (C=O) groups is 1. The summed E-state index contributed by atoms with van der Waals surface area (Å²) in [5.41, 5.74) is 1.72. The fraction of sp³-hybridized carbons (Fsp3) is 0.348. The predicted octanol–water partition coefficient (Wildman–Crippen LogP) is 4.06. The molecule has 2 aromatic carbocycles. The van der Waals surface area contributed by atoms with E-state index in [4.69, 9.17) is 9.47 Å². The number of hydrogen-bond acceptors (Lipinski definition) is 6. The van der Waals surface area contributed by atoms with Gasteiger partial charge in [-0.15, -0.1) is 10.2 Å². The van der Waals surface area contributed by atoms with Crippen molar-refractivity contribution in [3.05, 3.63) is 48.5 Å². The lowest BCUT2D eigenvalue weighted by Crippen LogP contribution is -2.36. The van der Waals surface area contributed by atoms with Gasteiger partial charge in [-0.3, -0.25) is 9.36 Å². The fourth-order valence-electron chi connectivity index (χ4n) is 3.69. The summed E-state index contributed by atoms with van der Waals surface area (Å²) >= 11 is 1.41. The van der Waals surface area contributed by atoms with Crippen LogP contribution in [0.15, 0.2) is 53.7 Å². The number of nitrogens with zero attached hydrogens (tertiary/aromatic N) is 4. The molecule has 1 aliphatic heterocycles. The molecule has 8 heteroatoms. The monoisotopic (exact) mass is 438 g/mol. The van der Waals surface area contributed by atoms with Gasteiger partial charge in [0.1, 0.15) is 11.5 Å². The van der Waals surface area contributed by atoms with E-state index in [0.29, 0.717) is 22.5 Å². The Morgan fingerprint density at radius 2 is 1.71 bits per heavy atom. The van der Waals surface area contributed by atoms with Crippen LogP contribution in [0.3, 0.4) is 0 Å². The number of methoxy groups -OCH3 is 2. The summed E-state index contributed by atoms with van der Waals surface area (Å²) in [5.74, 6) is 2.62. The first-order valence-electron chi connectivity index (χ1n) is 10.3. The van der Waals surface area contributed by atoms with Gasteiger partial charge >= 0.3 is 0 Å². The smallest absolute Gasteiger partial charge is 0.233 e. The van der Waals surface area contributed by atoms with Gasteiger partial charge in [0.05, 0.1) is 31.2 Å². The van der Waals surface area contributed by atoms with Crippen LogP contribution < -0.4 is 9.47 Å².